The van der Waals surface area contributed by atoms with Crippen LogP contribution >= 0.6 is 0 Å². The van der Waals surface area contributed by atoms with E-state index in [4.69, 9.17) is 14.2 Å². The molecule has 0 aliphatic carbocycles. The Balaban J connectivity index is 2.27. The summed E-state index contributed by atoms with van der Waals surface area (Å²) in [5.74, 6) is 1.63. The second-order valence-corrected chi connectivity index (χ2v) is 5.02. The SMILES string of the molecule is COc1ccc(CN(C)C(=O)c2ccccc2)c(OC)c1OC. The molecule has 1 amide bonds. The Bertz CT molecular complexity index is 670. The average molecular weight is 315 g/mol. The molecule has 0 fully saturated rings. The van der Waals surface area contributed by atoms with Crippen molar-refractivity contribution < 1.29 is 19.0 Å². The van der Waals surface area contributed by atoms with E-state index in [2.05, 4.69) is 0 Å². The lowest BCUT2D eigenvalue weighted by atomic mass is 10.1. The van der Waals surface area contributed by atoms with Gasteiger partial charge in [0.25, 0.3) is 5.91 Å². The maximum absolute atomic E-state index is 12.5. The Kier molecular flexibility index (Phi) is 5.46. The van der Waals surface area contributed by atoms with Gasteiger partial charge in [-0.3, -0.25) is 4.79 Å². The number of benzene rings is 2. The van der Waals surface area contributed by atoms with E-state index in [1.54, 1.807) is 51.5 Å². The van der Waals surface area contributed by atoms with E-state index in [9.17, 15) is 4.79 Å². The molecule has 0 N–H and O–H groups in total. The summed E-state index contributed by atoms with van der Waals surface area (Å²) in [7, 11) is 6.45. The first-order valence-electron chi connectivity index (χ1n) is 7.20. The van der Waals surface area contributed by atoms with Crippen LogP contribution in [0, 0.1) is 0 Å². The largest absolute Gasteiger partial charge is 0.493 e. The highest BCUT2D eigenvalue weighted by molar-refractivity contribution is 5.94. The standard InChI is InChI=1S/C18H21NO4/c1-19(18(20)13-8-6-5-7-9-13)12-14-10-11-15(21-2)17(23-4)16(14)22-3/h5-11H,12H2,1-4H3. The van der Waals surface area contributed by atoms with Gasteiger partial charge < -0.3 is 19.1 Å². The van der Waals surface area contributed by atoms with E-state index in [1.165, 1.54) is 0 Å². The molecule has 0 unspecified atom stereocenters. The molecule has 0 bridgehead atoms. The Morgan fingerprint density at radius 2 is 1.57 bits per heavy atom. The molecule has 0 aliphatic rings. The number of rotatable bonds is 6. The summed E-state index contributed by atoms with van der Waals surface area (Å²) in [6.07, 6.45) is 0. The van der Waals surface area contributed by atoms with Crippen LogP contribution in [0.2, 0.25) is 0 Å². The fourth-order valence-corrected chi connectivity index (χ4v) is 2.42. The molecule has 0 atom stereocenters. The molecule has 0 aliphatic heterocycles. The van der Waals surface area contributed by atoms with Crippen LogP contribution in [0.5, 0.6) is 17.2 Å². The van der Waals surface area contributed by atoms with Gasteiger partial charge in [-0.15, -0.1) is 0 Å². The zero-order chi connectivity index (χ0) is 16.8. The summed E-state index contributed by atoms with van der Waals surface area (Å²) in [6, 6.07) is 12.8. The first-order chi connectivity index (χ1) is 11.1. The summed E-state index contributed by atoms with van der Waals surface area (Å²) in [5, 5.41) is 0. The van der Waals surface area contributed by atoms with Crippen molar-refractivity contribution in [1.29, 1.82) is 0 Å². The van der Waals surface area contributed by atoms with Gasteiger partial charge in [-0.2, -0.15) is 0 Å². The van der Waals surface area contributed by atoms with Crippen molar-refractivity contribution >= 4 is 5.91 Å². The van der Waals surface area contributed by atoms with Crippen LogP contribution in [0.4, 0.5) is 0 Å². The molecule has 0 radical (unpaired) electrons. The Morgan fingerprint density at radius 3 is 2.13 bits per heavy atom. The minimum atomic E-state index is -0.0533. The molecule has 0 saturated heterocycles. The Morgan fingerprint density at radius 1 is 0.913 bits per heavy atom. The van der Waals surface area contributed by atoms with E-state index in [0.29, 0.717) is 29.4 Å². The molecule has 0 saturated carbocycles. The number of amides is 1. The number of hydrogen-bond acceptors (Lipinski definition) is 4. The van der Waals surface area contributed by atoms with Crippen LogP contribution in [-0.2, 0) is 6.54 Å². The van der Waals surface area contributed by atoms with E-state index in [0.717, 1.165) is 5.56 Å². The van der Waals surface area contributed by atoms with Crippen molar-refractivity contribution in [3.8, 4) is 17.2 Å². The van der Waals surface area contributed by atoms with E-state index in [1.807, 2.05) is 24.3 Å². The lowest BCUT2D eigenvalue weighted by molar-refractivity contribution is 0.0784. The molecular weight excluding hydrogens is 294 g/mol. The van der Waals surface area contributed by atoms with E-state index >= 15 is 0 Å². The topological polar surface area (TPSA) is 48.0 Å². The van der Waals surface area contributed by atoms with Gasteiger partial charge in [0.2, 0.25) is 5.75 Å². The number of carbonyl (C=O) groups excluding carboxylic acids is 1. The number of carbonyl (C=O) groups is 1. The van der Waals surface area contributed by atoms with Gasteiger partial charge in [-0.1, -0.05) is 18.2 Å². The molecule has 23 heavy (non-hydrogen) atoms. The Hall–Kier alpha value is -2.69. The summed E-state index contributed by atoms with van der Waals surface area (Å²) >= 11 is 0. The molecule has 0 aromatic heterocycles. The third kappa shape index (κ3) is 3.56. The highest BCUT2D eigenvalue weighted by atomic mass is 16.5. The predicted molar refractivity (Wildman–Crippen MR) is 88.3 cm³/mol. The Labute approximate surface area is 136 Å². The number of nitrogens with zero attached hydrogens (tertiary/aromatic N) is 1. The van der Waals surface area contributed by atoms with E-state index in [-0.39, 0.29) is 5.91 Å². The van der Waals surface area contributed by atoms with Gasteiger partial charge in [-0.25, -0.2) is 0 Å². The monoisotopic (exact) mass is 315 g/mol. The zero-order valence-electron chi connectivity index (χ0n) is 13.8. The highest BCUT2D eigenvalue weighted by Gasteiger charge is 2.19. The summed E-state index contributed by atoms with van der Waals surface area (Å²) in [4.78, 5) is 14.1. The van der Waals surface area contributed by atoms with Crippen molar-refractivity contribution in [1.82, 2.24) is 4.90 Å². The van der Waals surface area contributed by atoms with E-state index < -0.39 is 0 Å². The minimum Gasteiger partial charge on any atom is -0.493 e. The second-order valence-electron chi connectivity index (χ2n) is 5.02. The second kappa shape index (κ2) is 7.54. The molecule has 0 spiro atoms. The predicted octanol–water partition coefficient (Wildman–Crippen LogP) is 2.98. The third-order valence-corrected chi connectivity index (χ3v) is 3.56. The maximum atomic E-state index is 12.5. The highest BCUT2D eigenvalue weighted by Crippen LogP contribution is 2.40. The van der Waals surface area contributed by atoms with Crippen LogP contribution in [0.25, 0.3) is 0 Å². The normalized spacial score (nSPS) is 10.1. The lowest BCUT2D eigenvalue weighted by Crippen LogP contribution is -2.26. The summed E-state index contributed by atoms with van der Waals surface area (Å²) < 4.78 is 16.1. The number of ether oxygens (including phenoxy) is 3. The van der Waals surface area contributed by atoms with Crippen LogP contribution in [0.15, 0.2) is 42.5 Å². The molecule has 2 aromatic carbocycles. The van der Waals surface area contributed by atoms with Crippen LogP contribution in [-0.4, -0.2) is 39.2 Å². The average Bonchev–Trinajstić information content (AvgIpc) is 2.61. The molecule has 0 heterocycles. The van der Waals surface area contributed by atoms with Crippen LogP contribution in [0.1, 0.15) is 15.9 Å². The molecule has 2 aromatic rings. The molecule has 5 heteroatoms. The fourth-order valence-electron chi connectivity index (χ4n) is 2.42. The van der Waals surface area contributed by atoms with Gasteiger partial charge in [0.1, 0.15) is 0 Å². The van der Waals surface area contributed by atoms with Crippen molar-refractivity contribution in [2.24, 2.45) is 0 Å². The first kappa shape index (κ1) is 16.7. The summed E-state index contributed by atoms with van der Waals surface area (Å²) in [6.45, 7) is 0.400. The quantitative estimate of drug-likeness (QED) is 0.822. The van der Waals surface area contributed by atoms with Gasteiger partial charge in [0, 0.05) is 24.7 Å². The molecular formula is C18H21NO4. The molecule has 5 nitrogen and oxygen atoms in total. The zero-order valence-corrected chi connectivity index (χ0v) is 13.8. The van der Waals surface area contributed by atoms with Crippen LogP contribution in [0.3, 0.4) is 0 Å². The van der Waals surface area contributed by atoms with Gasteiger partial charge in [-0.05, 0) is 24.3 Å². The van der Waals surface area contributed by atoms with Crippen molar-refractivity contribution in [2.45, 2.75) is 6.54 Å². The van der Waals surface area contributed by atoms with Crippen LogP contribution < -0.4 is 14.2 Å². The van der Waals surface area contributed by atoms with Gasteiger partial charge in [0.15, 0.2) is 11.5 Å². The van der Waals surface area contributed by atoms with Crippen molar-refractivity contribution in [3.63, 3.8) is 0 Å². The molecule has 2 rings (SSSR count). The number of methoxy groups -OCH3 is 3. The van der Waals surface area contributed by atoms with Gasteiger partial charge in [0.05, 0.1) is 21.3 Å². The molecule has 122 valence electrons. The minimum absolute atomic E-state index is 0.0533. The van der Waals surface area contributed by atoms with Gasteiger partial charge >= 0.3 is 0 Å². The van der Waals surface area contributed by atoms with Crippen molar-refractivity contribution in [2.75, 3.05) is 28.4 Å². The smallest absolute Gasteiger partial charge is 0.253 e. The maximum Gasteiger partial charge on any atom is 0.253 e. The first-order valence-corrected chi connectivity index (χ1v) is 7.20. The number of hydrogen-bond donors (Lipinski definition) is 0. The summed E-state index contributed by atoms with van der Waals surface area (Å²) in [5.41, 5.74) is 1.49. The van der Waals surface area contributed by atoms with Crippen molar-refractivity contribution in [3.05, 3.63) is 53.6 Å². The lowest BCUT2D eigenvalue weighted by Gasteiger charge is -2.21. The fraction of sp³-hybridized carbons (Fsp3) is 0.278. The third-order valence-electron chi connectivity index (χ3n) is 3.56.